The number of nitrogens with two attached hydrogens (primary N) is 1. The lowest BCUT2D eigenvalue weighted by atomic mass is 10.2. The molecule has 0 heterocycles. The maximum atomic E-state index is 13.3. The molecule has 0 radical (unpaired) electrons. The largest absolute Gasteiger partial charge is 0.323 e. The predicted molar refractivity (Wildman–Crippen MR) is 64.4 cm³/mol. The molecule has 1 rings (SSSR count). The number of anilines is 1. The number of benzene rings is 1. The standard InChI is InChI=1S/C11H15F3N4/c1-6(2)5-16-11(18-15)17-10-4-8(13)7(12)3-9(10)14/h3-4,6H,5,15H2,1-2H3,(H2,16,17,18). The van der Waals surface area contributed by atoms with E-state index in [0.717, 1.165) is 0 Å². The van der Waals surface area contributed by atoms with Gasteiger partial charge in [0.2, 0.25) is 5.96 Å². The molecule has 0 aliphatic carbocycles. The molecule has 18 heavy (non-hydrogen) atoms. The third-order valence-electron chi connectivity index (χ3n) is 2.01. The van der Waals surface area contributed by atoms with Crippen LogP contribution in [-0.2, 0) is 0 Å². The van der Waals surface area contributed by atoms with Crippen LogP contribution in [0.4, 0.5) is 18.9 Å². The summed E-state index contributed by atoms with van der Waals surface area (Å²) in [5, 5.41) is 2.45. The van der Waals surface area contributed by atoms with Crippen LogP contribution in [0.1, 0.15) is 13.8 Å². The molecule has 0 aromatic heterocycles. The molecule has 0 bridgehead atoms. The lowest BCUT2D eigenvalue weighted by Gasteiger charge is -2.11. The molecule has 4 nitrogen and oxygen atoms in total. The molecule has 4 N–H and O–H groups in total. The Morgan fingerprint density at radius 3 is 2.39 bits per heavy atom. The van der Waals surface area contributed by atoms with E-state index in [-0.39, 0.29) is 17.6 Å². The second-order valence-electron chi connectivity index (χ2n) is 4.10. The van der Waals surface area contributed by atoms with Gasteiger partial charge in [0.1, 0.15) is 5.82 Å². The molecule has 0 unspecified atom stereocenters. The topological polar surface area (TPSA) is 62.4 Å². The Kier molecular flexibility index (Phi) is 4.96. The summed E-state index contributed by atoms with van der Waals surface area (Å²) in [4.78, 5) is 4.02. The van der Waals surface area contributed by atoms with Crippen molar-refractivity contribution < 1.29 is 13.2 Å². The number of nitrogens with one attached hydrogen (secondary N) is 2. The van der Waals surface area contributed by atoms with Gasteiger partial charge in [-0.25, -0.2) is 19.0 Å². The fourth-order valence-electron chi connectivity index (χ4n) is 1.14. The lowest BCUT2D eigenvalue weighted by molar-refractivity contribution is 0.496. The first kappa shape index (κ1) is 14.3. The highest BCUT2D eigenvalue weighted by molar-refractivity contribution is 5.93. The summed E-state index contributed by atoms with van der Waals surface area (Å²) in [6, 6.07) is 1.15. The van der Waals surface area contributed by atoms with Crippen molar-refractivity contribution in [2.45, 2.75) is 13.8 Å². The van der Waals surface area contributed by atoms with E-state index in [0.29, 0.717) is 18.7 Å². The van der Waals surface area contributed by atoms with Crippen molar-refractivity contribution in [3.63, 3.8) is 0 Å². The first-order valence-corrected chi connectivity index (χ1v) is 5.36. The Bertz CT molecular complexity index is 446. The van der Waals surface area contributed by atoms with Crippen molar-refractivity contribution in [2.75, 3.05) is 11.9 Å². The van der Waals surface area contributed by atoms with Crippen LogP contribution in [0.15, 0.2) is 17.1 Å². The maximum Gasteiger partial charge on any atom is 0.210 e. The van der Waals surface area contributed by atoms with Gasteiger partial charge in [-0.3, -0.25) is 10.4 Å². The average molecular weight is 260 g/mol. The number of halogens is 3. The van der Waals surface area contributed by atoms with Crippen molar-refractivity contribution in [3.8, 4) is 0 Å². The molecule has 0 saturated carbocycles. The highest BCUT2D eigenvalue weighted by Crippen LogP contribution is 2.18. The highest BCUT2D eigenvalue weighted by atomic mass is 19.2. The van der Waals surface area contributed by atoms with Gasteiger partial charge in [-0.15, -0.1) is 0 Å². The normalized spacial score (nSPS) is 11.8. The fourth-order valence-corrected chi connectivity index (χ4v) is 1.14. The summed E-state index contributed by atoms with van der Waals surface area (Å²) in [5.74, 6) is 2.22. The van der Waals surface area contributed by atoms with E-state index < -0.39 is 17.5 Å². The van der Waals surface area contributed by atoms with Crippen LogP contribution in [0.25, 0.3) is 0 Å². The summed E-state index contributed by atoms with van der Waals surface area (Å²) in [7, 11) is 0. The maximum absolute atomic E-state index is 13.3. The van der Waals surface area contributed by atoms with Gasteiger partial charge in [-0.1, -0.05) is 13.8 Å². The SMILES string of the molecule is CC(C)CN=C(NN)Nc1cc(F)c(F)cc1F. The first-order chi connectivity index (χ1) is 8.43. The van der Waals surface area contributed by atoms with Gasteiger partial charge in [0.25, 0.3) is 0 Å². The van der Waals surface area contributed by atoms with Crippen molar-refractivity contribution >= 4 is 11.6 Å². The van der Waals surface area contributed by atoms with Gasteiger partial charge < -0.3 is 5.32 Å². The van der Waals surface area contributed by atoms with E-state index in [9.17, 15) is 13.2 Å². The summed E-state index contributed by atoms with van der Waals surface area (Å²) in [6.07, 6.45) is 0. The molecule has 0 aliphatic rings. The Morgan fingerprint density at radius 2 is 1.83 bits per heavy atom. The second-order valence-corrected chi connectivity index (χ2v) is 4.10. The number of aliphatic imine (C=N–C) groups is 1. The van der Waals surface area contributed by atoms with Crippen molar-refractivity contribution in [3.05, 3.63) is 29.6 Å². The van der Waals surface area contributed by atoms with Crippen molar-refractivity contribution in [1.82, 2.24) is 5.43 Å². The molecule has 0 fully saturated rings. The highest BCUT2D eigenvalue weighted by Gasteiger charge is 2.11. The summed E-state index contributed by atoms with van der Waals surface area (Å²) < 4.78 is 39.0. The molecule has 0 atom stereocenters. The fraction of sp³-hybridized carbons (Fsp3) is 0.364. The minimum atomic E-state index is -1.25. The molecule has 100 valence electrons. The monoisotopic (exact) mass is 260 g/mol. The Hall–Kier alpha value is -1.76. The number of guanidine groups is 1. The van der Waals surface area contributed by atoms with Crippen LogP contribution in [0, 0.1) is 23.4 Å². The number of hydrogen-bond acceptors (Lipinski definition) is 2. The van der Waals surface area contributed by atoms with E-state index in [1.54, 1.807) is 0 Å². The van der Waals surface area contributed by atoms with Crippen LogP contribution in [0.5, 0.6) is 0 Å². The zero-order chi connectivity index (χ0) is 13.7. The van der Waals surface area contributed by atoms with Gasteiger partial charge in [-0.05, 0) is 5.92 Å². The van der Waals surface area contributed by atoms with Crippen LogP contribution >= 0.6 is 0 Å². The van der Waals surface area contributed by atoms with Crippen LogP contribution in [0.3, 0.4) is 0 Å². The first-order valence-electron chi connectivity index (χ1n) is 5.36. The molecule has 0 amide bonds. The zero-order valence-electron chi connectivity index (χ0n) is 10.1. The molecule has 1 aromatic carbocycles. The van der Waals surface area contributed by atoms with E-state index in [2.05, 4.69) is 15.7 Å². The minimum absolute atomic E-state index is 0.0774. The summed E-state index contributed by atoms with van der Waals surface area (Å²) in [6.45, 7) is 4.34. The van der Waals surface area contributed by atoms with Gasteiger partial charge in [0.05, 0.1) is 5.69 Å². The third-order valence-corrected chi connectivity index (χ3v) is 2.01. The Labute approximate surface area is 103 Å². The Balaban J connectivity index is 2.88. The number of nitrogens with zero attached hydrogens (tertiary/aromatic N) is 1. The summed E-state index contributed by atoms with van der Waals surface area (Å²) in [5.41, 5.74) is 1.98. The van der Waals surface area contributed by atoms with E-state index in [1.165, 1.54) is 0 Å². The average Bonchev–Trinajstić information content (AvgIpc) is 2.30. The molecule has 0 spiro atoms. The van der Waals surface area contributed by atoms with E-state index in [4.69, 9.17) is 5.84 Å². The van der Waals surface area contributed by atoms with Gasteiger partial charge in [0.15, 0.2) is 11.6 Å². The molecular weight excluding hydrogens is 245 g/mol. The van der Waals surface area contributed by atoms with Crippen molar-refractivity contribution in [2.24, 2.45) is 16.8 Å². The van der Waals surface area contributed by atoms with Gasteiger partial charge in [0, 0.05) is 18.7 Å². The molecular formula is C11H15F3N4. The Morgan fingerprint density at radius 1 is 1.22 bits per heavy atom. The number of hydrazine groups is 1. The molecule has 0 saturated heterocycles. The molecule has 1 aromatic rings. The van der Waals surface area contributed by atoms with Crippen LogP contribution in [0.2, 0.25) is 0 Å². The zero-order valence-corrected chi connectivity index (χ0v) is 10.1. The number of rotatable bonds is 3. The lowest BCUT2D eigenvalue weighted by Crippen LogP contribution is -2.37. The third kappa shape index (κ3) is 3.92. The summed E-state index contributed by atoms with van der Waals surface area (Å²) >= 11 is 0. The van der Waals surface area contributed by atoms with Crippen molar-refractivity contribution in [1.29, 1.82) is 0 Å². The van der Waals surface area contributed by atoms with E-state index >= 15 is 0 Å². The minimum Gasteiger partial charge on any atom is -0.323 e. The quantitative estimate of drug-likeness (QED) is 0.256. The van der Waals surface area contributed by atoms with E-state index in [1.807, 2.05) is 13.8 Å². The smallest absolute Gasteiger partial charge is 0.210 e. The van der Waals surface area contributed by atoms with Gasteiger partial charge >= 0.3 is 0 Å². The molecule has 7 heteroatoms. The second kappa shape index (κ2) is 6.25. The van der Waals surface area contributed by atoms with Gasteiger partial charge in [-0.2, -0.15) is 0 Å². The number of hydrogen-bond donors (Lipinski definition) is 3. The van der Waals surface area contributed by atoms with Crippen LogP contribution < -0.4 is 16.6 Å². The predicted octanol–water partition coefficient (Wildman–Crippen LogP) is 1.99. The molecule has 0 aliphatic heterocycles. The van der Waals surface area contributed by atoms with Crippen LogP contribution in [-0.4, -0.2) is 12.5 Å².